The van der Waals surface area contributed by atoms with Crippen LogP contribution in [-0.4, -0.2) is 35.0 Å². The van der Waals surface area contributed by atoms with E-state index in [1.807, 2.05) is 24.3 Å². The van der Waals surface area contributed by atoms with Gasteiger partial charge in [-0.05, 0) is 74.2 Å². The van der Waals surface area contributed by atoms with Gasteiger partial charge in [0, 0.05) is 13.0 Å². The summed E-state index contributed by atoms with van der Waals surface area (Å²) in [7, 11) is 1.66. The number of imidazole rings is 1. The van der Waals surface area contributed by atoms with Crippen LogP contribution in [0.3, 0.4) is 0 Å². The molecule has 144 valence electrons. The van der Waals surface area contributed by atoms with Crippen molar-refractivity contribution in [2.75, 3.05) is 20.3 Å². The number of hydrogen-bond acceptors (Lipinski definition) is 4. The molecule has 1 N–H and O–H groups in total. The quantitative estimate of drug-likeness (QED) is 0.579. The first kappa shape index (κ1) is 19.2. The minimum absolute atomic E-state index is 0.113. The first-order valence-electron chi connectivity index (χ1n) is 9.46. The molecule has 1 heterocycles. The largest absolute Gasteiger partial charge is 0.497 e. The number of aryl methyl sites for hydroxylation is 3. The van der Waals surface area contributed by atoms with Crippen LogP contribution in [0.1, 0.15) is 29.8 Å². The van der Waals surface area contributed by atoms with Gasteiger partial charge in [-0.15, -0.1) is 0 Å². The molecule has 0 atom stereocenters. The van der Waals surface area contributed by atoms with Crippen LogP contribution in [0.2, 0.25) is 0 Å². The Bertz CT molecular complexity index is 885. The van der Waals surface area contributed by atoms with Crippen LogP contribution in [0.15, 0.2) is 36.4 Å². The van der Waals surface area contributed by atoms with Gasteiger partial charge in [0.05, 0.1) is 31.4 Å². The minimum atomic E-state index is 0.113. The Hall–Kier alpha value is -2.53. The molecule has 1 aromatic heterocycles. The molecule has 5 nitrogen and oxygen atoms in total. The monoisotopic (exact) mass is 368 g/mol. The summed E-state index contributed by atoms with van der Waals surface area (Å²) in [4.78, 5) is 4.73. The number of aliphatic hydroxyl groups is 1. The normalized spacial score (nSPS) is 11.1. The Labute approximate surface area is 160 Å². The molecule has 0 amide bonds. The van der Waals surface area contributed by atoms with Crippen molar-refractivity contribution in [2.45, 2.75) is 39.7 Å². The van der Waals surface area contributed by atoms with Gasteiger partial charge in [-0.25, -0.2) is 4.98 Å². The van der Waals surface area contributed by atoms with Crippen LogP contribution in [0.5, 0.6) is 11.5 Å². The van der Waals surface area contributed by atoms with Crippen LogP contribution >= 0.6 is 0 Å². The number of fused-ring (bicyclic) bond motifs is 1. The Balaban J connectivity index is 1.60. The van der Waals surface area contributed by atoms with Crippen LogP contribution in [0.25, 0.3) is 11.0 Å². The van der Waals surface area contributed by atoms with E-state index in [4.69, 9.17) is 14.5 Å². The Morgan fingerprint density at radius 1 is 1.00 bits per heavy atom. The molecule has 0 fully saturated rings. The average Bonchev–Trinajstić information content (AvgIpc) is 2.99. The van der Waals surface area contributed by atoms with Crippen LogP contribution in [-0.2, 0) is 13.0 Å². The molecule has 3 rings (SSSR count). The van der Waals surface area contributed by atoms with Gasteiger partial charge in [0.25, 0.3) is 0 Å². The summed E-state index contributed by atoms with van der Waals surface area (Å²) in [5.41, 5.74) is 4.67. The molecule has 0 bridgehead atoms. The zero-order chi connectivity index (χ0) is 19.2. The van der Waals surface area contributed by atoms with E-state index in [1.165, 1.54) is 11.1 Å². The van der Waals surface area contributed by atoms with Gasteiger partial charge in [0.1, 0.15) is 17.3 Å². The van der Waals surface area contributed by atoms with Gasteiger partial charge in [0.15, 0.2) is 0 Å². The van der Waals surface area contributed by atoms with Gasteiger partial charge in [-0.2, -0.15) is 0 Å². The molecule has 0 aliphatic carbocycles. The number of unbranched alkanes of at least 4 members (excludes halogenated alkanes) is 1. The molecule has 5 heteroatoms. The number of aromatic nitrogens is 2. The summed E-state index contributed by atoms with van der Waals surface area (Å²) >= 11 is 0. The van der Waals surface area contributed by atoms with E-state index in [1.54, 1.807) is 7.11 Å². The van der Waals surface area contributed by atoms with Crippen molar-refractivity contribution in [1.82, 2.24) is 9.55 Å². The van der Waals surface area contributed by atoms with E-state index in [-0.39, 0.29) is 6.61 Å². The van der Waals surface area contributed by atoms with Gasteiger partial charge < -0.3 is 19.1 Å². The number of hydrogen-bond donors (Lipinski definition) is 1. The topological polar surface area (TPSA) is 56.5 Å². The average molecular weight is 368 g/mol. The highest BCUT2D eigenvalue weighted by Crippen LogP contribution is 2.22. The third kappa shape index (κ3) is 4.61. The number of benzene rings is 2. The summed E-state index contributed by atoms with van der Waals surface area (Å²) in [6.07, 6.45) is 2.53. The van der Waals surface area contributed by atoms with E-state index in [0.29, 0.717) is 13.0 Å². The smallest absolute Gasteiger partial charge is 0.119 e. The summed E-state index contributed by atoms with van der Waals surface area (Å²) in [5.74, 6) is 2.64. The number of rotatable bonds is 9. The number of ether oxygens (including phenoxy) is 2. The second kappa shape index (κ2) is 8.91. The molecule has 27 heavy (non-hydrogen) atoms. The fourth-order valence-corrected chi connectivity index (χ4v) is 3.20. The Morgan fingerprint density at radius 2 is 1.70 bits per heavy atom. The van der Waals surface area contributed by atoms with Crippen molar-refractivity contribution in [2.24, 2.45) is 0 Å². The first-order valence-corrected chi connectivity index (χ1v) is 9.46. The lowest BCUT2D eigenvalue weighted by atomic mass is 10.1. The molecule has 0 saturated carbocycles. The highest BCUT2D eigenvalue weighted by Gasteiger charge is 2.11. The second-order valence-electron chi connectivity index (χ2n) is 6.81. The lowest BCUT2D eigenvalue weighted by Crippen LogP contribution is -2.07. The van der Waals surface area contributed by atoms with Crippen molar-refractivity contribution in [3.05, 3.63) is 53.3 Å². The lowest BCUT2D eigenvalue weighted by Gasteiger charge is -2.10. The van der Waals surface area contributed by atoms with E-state index in [2.05, 4.69) is 30.5 Å². The predicted molar refractivity (Wildman–Crippen MR) is 108 cm³/mol. The molecule has 0 saturated heterocycles. The third-order valence-electron chi connectivity index (χ3n) is 4.88. The minimum Gasteiger partial charge on any atom is -0.497 e. The molecule has 0 aliphatic rings. The number of nitrogens with zero attached hydrogens (tertiary/aromatic N) is 2. The summed E-state index contributed by atoms with van der Waals surface area (Å²) in [6.45, 7) is 5.89. The molecular formula is C22H28N2O3. The van der Waals surface area contributed by atoms with E-state index >= 15 is 0 Å². The summed E-state index contributed by atoms with van der Waals surface area (Å²) in [6, 6.07) is 12.0. The van der Waals surface area contributed by atoms with Crippen molar-refractivity contribution in [3.63, 3.8) is 0 Å². The Morgan fingerprint density at radius 3 is 2.41 bits per heavy atom. The maximum Gasteiger partial charge on any atom is 0.119 e. The van der Waals surface area contributed by atoms with Gasteiger partial charge in [-0.1, -0.05) is 0 Å². The fourth-order valence-electron chi connectivity index (χ4n) is 3.20. The van der Waals surface area contributed by atoms with Gasteiger partial charge in [0.2, 0.25) is 0 Å². The molecular weight excluding hydrogens is 340 g/mol. The highest BCUT2D eigenvalue weighted by atomic mass is 16.5. The van der Waals surface area contributed by atoms with Crippen molar-refractivity contribution < 1.29 is 14.6 Å². The number of aliphatic hydroxyl groups excluding tert-OH is 1. The summed E-state index contributed by atoms with van der Waals surface area (Å²) < 4.78 is 13.2. The van der Waals surface area contributed by atoms with Crippen molar-refractivity contribution in [1.29, 1.82) is 0 Å². The first-order chi connectivity index (χ1) is 13.1. The second-order valence-corrected chi connectivity index (χ2v) is 6.81. The third-order valence-corrected chi connectivity index (χ3v) is 4.88. The van der Waals surface area contributed by atoms with Crippen molar-refractivity contribution >= 4 is 11.0 Å². The highest BCUT2D eigenvalue weighted by molar-refractivity contribution is 5.78. The maximum atomic E-state index is 9.37. The zero-order valence-corrected chi connectivity index (χ0v) is 16.4. The molecule has 0 aliphatic heterocycles. The maximum absolute atomic E-state index is 9.37. The summed E-state index contributed by atoms with van der Waals surface area (Å²) in [5, 5.41) is 9.37. The SMILES string of the molecule is COc1ccc(OCCCCn2c(CCO)nc3cc(C)c(C)cc32)cc1. The molecule has 0 radical (unpaired) electrons. The van der Waals surface area contributed by atoms with E-state index in [9.17, 15) is 5.11 Å². The number of methoxy groups -OCH3 is 1. The Kier molecular flexibility index (Phi) is 6.35. The van der Waals surface area contributed by atoms with Crippen LogP contribution < -0.4 is 9.47 Å². The lowest BCUT2D eigenvalue weighted by molar-refractivity contribution is 0.292. The molecule has 3 aromatic rings. The van der Waals surface area contributed by atoms with Gasteiger partial charge in [-0.3, -0.25) is 0 Å². The van der Waals surface area contributed by atoms with Gasteiger partial charge >= 0.3 is 0 Å². The van der Waals surface area contributed by atoms with E-state index in [0.717, 1.165) is 47.7 Å². The molecule has 0 spiro atoms. The van der Waals surface area contributed by atoms with E-state index < -0.39 is 0 Å². The van der Waals surface area contributed by atoms with Crippen LogP contribution in [0.4, 0.5) is 0 Å². The molecule has 0 unspecified atom stereocenters. The predicted octanol–water partition coefficient (Wildman–Crippen LogP) is 4.06. The molecule has 2 aromatic carbocycles. The zero-order valence-electron chi connectivity index (χ0n) is 16.4. The van der Waals surface area contributed by atoms with Crippen LogP contribution in [0, 0.1) is 13.8 Å². The standard InChI is InChI=1S/C22H28N2O3/c1-16-14-20-21(15-17(16)2)24(22(23-20)10-12-25)11-4-5-13-27-19-8-6-18(26-3)7-9-19/h6-9,14-15,25H,4-5,10-13H2,1-3H3. The fraction of sp³-hybridized carbons (Fsp3) is 0.409. The van der Waals surface area contributed by atoms with Crippen molar-refractivity contribution in [3.8, 4) is 11.5 Å².